The van der Waals surface area contributed by atoms with Crippen molar-refractivity contribution >= 4 is 0 Å². The number of aliphatic hydroxyl groups is 8. The van der Waals surface area contributed by atoms with Crippen LogP contribution in [0.3, 0.4) is 0 Å². The van der Waals surface area contributed by atoms with E-state index in [-0.39, 0.29) is 0 Å². The molecule has 8 heteroatoms. The van der Waals surface area contributed by atoms with Crippen LogP contribution in [0.2, 0.25) is 0 Å². The van der Waals surface area contributed by atoms with E-state index in [0.29, 0.717) is 44.5 Å². The van der Waals surface area contributed by atoms with Gasteiger partial charge < -0.3 is 40.9 Å². The van der Waals surface area contributed by atoms with E-state index in [1.54, 1.807) is 146 Å². The quantitative estimate of drug-likeness (QED) is 0.0710. The first kappa shape index (κ1) is 43.5. The molecule has 0 aromatic heterocycles. The van der Waals surface area contributed by atoms with Gasteiger partial charge in [-0.05, 0) is 164 Å². The molecule has 0 amide bonds. The molecule has 0 atom stereocenters. The molecule has 68 heavy (non-hydrogen) atoms. The lowest BCUT2D eigenvalue weighted by molar-refractivity contribution is 0.104. The summed E-state index contributed by atoms with van der Waals surface area (Å²) in [5, 5.41) is 93.5. The summed E-state index contributed by atoms with van der Waals surface area (Å²) < 4.78 is 0. The van der Waals surface area contributed by atoms with Crippen molar-refractivity contribution in [1.29, 1.82) is 0 Å². The zero-order chi connectivity index (χ0) is 47.2. The predicted octanol–water partition coefficient (Wildman–Crippen LogP) is 8.14. The highest BCUT2D eigenvalue weighted by molar-refractivity contribution is 5.67. The molecular weight excluding hydrogens is 849 g/mol. The van der Waals surface area contributed by atoms with Crippen LogP contribution in [0.15, 0.2) is 243 Å². The van der Waals surface area contributed by atoms with E-state index >= 15 is 0 Å². The average Bonchev–Trinajstić information content (AvgIpc) is 3.38. The molecule has 0 radical (unpaired) electrons. The van der Waals surface area contributed by atoms with Crippen LogP contribution < -0.4 is 0 Å². The first-order valence-corrected chi connectivity index (χ1v) is 22.5. The molecule has 8 N–H and O–H groups in total. The van der Waals surface area contributed by atoms with Crippen LogP contribution in [0.1, 0.15) is 44.5 Å². The molecule has 6 aromatic carbocycles. The lowest BCUT2D eigenvalue weighted by Gasteiger charge is -2.33. The maximum absolute atomic E-state index is 11.7. The Morgan fingerprint density at radius 1 is 0.147 bits per heavy atom. The average molecular weight is 897 g/mol. The highest BCUT2D eigenvalue weighted by Crippen LogP contribution is 2.42. The fourth-order valence-electron chi connectivity index (χ4n) is 9.74. The van der Waals surface area contributed by atoms with Gasteiger partial charge in [0, 0.05) is 0 Å². The summed E-state index contributed by atoms with van der Waals surface area (Å²) in [6.07, 6.45) is 24.9. The van der Waals surface area contributed by atoms with E-state index in [1.807, 2.05) is 97.1 Å². The Morgan fingerprint density at radius 2 is 0.235 bits per heavy atom. The smallest absolute Gasteiger partial charge is 0.127 e. The van der Waals surface area contributed by atoms with E-state index in [9.17, 15) is 40.9 Å². The molecule has 20 aliphatic rings. The third kappa shape index (κ3) is 7.27. The highest BCUT2D eigenvalue weighted by atomic mass is 16.3. The van der Waals surface area contributed by atoms with Gasteiger partial charge in [-0.15, -0.1) is 0 Å². The third-order valence-electron chi connectivity index (χ3n) is 14.4. The second-order valence-corrected chi connectivity index (χ2v) is 18.7. The number of hydrogen-bond donors (Lipinski definition) is 8. The largest absolute Gasteiger partial charge is 0.377 e. The monoisotopic (exact) mass is 896 g/mol. The standard InChI is InChI=1S/C60H48O8/c61-53-25-33-57(65,34-26-53)49-17-19-50(20-18-49)59(67)37-29-55(63,30-38-59)47-13-5-43(6-14-47)44-7-15-48(16-8-44)56(64)31-39-60(68,40-32-56)52-23-21-51(22-24-52)58(66)35-27-54(62,28-36-58)46-11-3-42(4-12-46)41-1-9-45(53)10-2-41/h1-40,61-68H. The molecular formula is C60H48O8. The van der Waals surface area contributed by atoms with Crippen LogP contribution in [0.5, 0.6) is 0 Å². The Balaban J connectivity index is 0.911. The van der Waals surface area contributed by atoms with Gasteiger partial charge in [0.25, 0.3) is 0 Å². The first-order valence-electron chi connectivity index (χ1n) is 22.5. The molecule has 20 aliphatic carbocycles. The van der Waals surface area contributed by atoms with Gasteiger partial charge in [-0.2, -0.15) is 0 Å². The Bertz CT molecular complexity index is 2690. The van der Waals surface area contributed by atoms with Crippen LogP contribution in [0.4, 0.5) is 0 Å². The Morgan fingerprint density at radius 3 is 0.338 bits per heavy atom. The molecule has 26 rings (SSSR count). The minimum absolute atomic E-state index is 0.531. The molecule has 0 fully saturated rings. The minimum Gasteiger partial charge on any atom is -0.377 e. The van der Waals surface area contributed by atoms with E-state index < -0.39 is 44.8 Å². The van der Waals surface area contributed by atoms with E-state index in [4.69, 9.17) is 0 Å². The summed E-state index contributed by atoms with van der Waals surface area (Å²) in [4.78, 5) is 0. The van der Waals surface area contributed by atoms with Crippen molar-refractivity contribution in [2.75, 3.05) is 0 Å². The fourth-order valence-corrected chi connectivity index (χ4v) is 9.74. The van der Waals surface area contributed by atoms with Crippen LogP contribution in [0, 0.1) is 0 Å². The topological polar surface area (TPSA) is 162 Å². The van der Waals surface area contributed by atoms with E-state index in [2.05, 4.69) is 0 Å². The van der Waals surface area contributed by atoms with Crippen LogP contribution in [0.25, 0.3) is 22.3 Å². The van der Waals surface area contributed by atoms with Gasteiger partial charge in [0.05, 0.1) is 0 Å². The Kier molecular flexibility index (Phi) is 9.73. The molecule has 0 aliphatic heterocycles. The lowest BCUT2D eigenvalue weighted by atomic mass is 9.79. The molecule has 0 heterocycles. The summed E-state index contributed by atoms with van der Waals surface area (Å²) in [7, 11) is 0. The van der Waals surface area contributed by atoms with Crippen LogP contribution >= 0.6 is 0 Å². The zero-order valence-corrected chi connectivity index (χ0v) is 36.7. The van der Waals surface area contributed by atoms with Crippen LogP contribution in [-0.2, 0) is 44.8 Å². The number of rotatable bonds is 0. The van der Waals surface area contributed by atoms with Gasteiger partial charge in [-0.3, -0.25) is 0 Å². The van der Waals surface area contributed by atoms with Gasteiger partial charge in [-0.1, -0.05) is 146 Å². The van der Waals surface area contributed by atoms with E-state index in [1.165, 1.54) is 0 Å². The zero-order valence-electron chi connectivity index (χ0n) is 36.7. The SMILES string of the molecule is OC12C=CC(O)(C=C1)c1ccc(cc1)C1(O)C=CC(O)(C=C1)c1ccc(cc1)-c1ccc(cc1)C1(O)C=CC(O)(C=C1)c1ccc(cc1)C1(O)C=CC(O)(C=C1)c1ccc(cc1)-c1ccc2cc1. The molecule has 20 bridgehead atoms. The van der Waals surface area contributed by atoms with Crippen molar-refractivity contribution in [1.82, 2.24) is 0 Å². The Hall–Kier alpha value is -7.08. The molecule has 6 aromatic rings. The van der Waals surface area contributed by atoms with Gasteiger partial charge in [0.15, 0.2) is 0 Å². The summed E-state index contributed by atoms with van der Waals surface area (Å²) in [6, 6.07) is 43.6. The Labute approximate surface area is 393 Å². The van der Waals surface area contributed by atoms with Crippen molar-refractivity contribution in [2.24, 2.45) is 0 Å². The second kappa shape index (κ2) is 15.2. The van der Waals surface area contributed by atoms with E-state index in [0.717, 1.165) is 22.3 Å². The normalized spacial score (nSPS) is 32.7. The third-order valence-corrected chi connectivity index (χ3v) is 14.4. The van der Waals surface area contributed by atoms with Gasteiger partial charge in [0.2, 0.25) is 0 Å². The molecule has 8 nitrogen and oxygen atoms in total. The lowest BCUT2D eigenvalue weighted by Crippen LogP contribution is -2.31. The van der Waals surface area contributed by atoms with Crippen molar-refractivity contribution in [3.05, 3.63) is 287 Å². The summed E-state index contributed by atoms with van der Waals surface area (Å²) in [6.45, 7) is 0. The molecule has 336 valence electrons. The number of benzene rings is 6. The van der Waals surface area contributed by atoms with Crippen molar-refractivity contribution in [2.45, 2.75) is 44.8 Å². The van der Waals surface area contributed by atoms with Crippen molar-refractivity contribution in [3.63, 3.8) is 0 Å². The highest BCUT2D eigenvalue weighted by Gasteiger charge is 2.38. The summed E-state index contributed by atoms with van der Waals surface area (Å²) >= 11 is 0. The molecule has 0 unspecified atom stereocenters. The summed E-state index contributed by atoms with van der Waals surface area (Å²) in [5.74, 6) is 0. The van der Waals surface area contributed by atoms with Gasteiger partial charge in [0.1, 0.15) is 44.8 Å². The predicted molar refractivity (Wildman–Crippen MR) is 261 cm³/mol. The molecule has 0 spiro atoms. The minimum atomic E-state index is -1.52. The second-order valence-electron chi connectivity index (χ2n) is 18.7. The number of hydrogen-bond acceptors (Lipinski definition) is 8. The maximum atomic E-state index is 11.7. The van der Waals surface area contributed by atoms with Crippen LogP contribution in [-0.4, -0.2) is 40.9 Å². The van der Waals surface area contributed by atoms with Crippen molar-refractivity contribution in [3.8, 4) is 22.3 Å². The van der Waals surface area contributed by atoms with Crippen molar-refractivity contribution < 1.29 is 40.9 Å². The summed E-state index contributed by atoms with van der Waals surface area (Å²) in [5.41, 5.74) is -3.96. The first-order chi connectivity index (χ1) is 32.4. The van der Waals surface area contributed by atoms with Gasteiger partial charge in [-0.25, -0.2) is 0 Å². The molecule has 0 saturated carbocycles. The maximum Gasteiger partial charge on any atom is 0.127 e. The fraction of sp³-hybridized carbons (Fsp3) is 0.133. The molecule has 0 saturated heterocycles. The van der Waals surface area contributed by atoms with Gasteiger partial charge >= 0.3 is 0 Å².